The van der Waals surface area contributed by atoms with E-state index >= 15 is 0 Å². The SMILES string of the molecule is Cc1cc(-n2c(C)cc(C(=O)OCC3COc4ccccc4O3)c2C)no1. The number of rotatable bonds is 4. The van der Waals surface area contributed by atoms with E-state index in [1.54, 1.807) is 6.07 Å². The zero-order chi connectivity index (χ0) is 19.0. The highest BCUT2D eigenvalue weighted by atomic mass is 16.6. The second kappa shape index (κ2) is 6.83. The van der Waals surface area contributed by atoms with Crippen molar-refractivity contribution in [3.63, 3.8) is 0 Å². The number of carbonyl (C=O) groups is 1. The summed E-state index contributed by atoms with van der Waals surface area (Å²) in [5, 5.41) is 4.02. The van der Waals surface area contributed by atoms with E-state index in [1.165, 1.54) is 0 Å². The number of carbonyl (C=O) groups excluding carboxylic acids is 1. The number of aromatic nitrogens is 2. The van der Waals surface area contributed by atoms with Gasteiger partial charge in [0.25, 0.3) is 0 Å². The van der Waals surface area contributed by atoms with Gasteiger partial charge in [0.15, 0.2) is 23.4 Å². The van der Waals surface area contributed by atoms with E-state index in [2.05, 4.69) is 5.16 Å². The summed E-state index contributed by atoms with van der Waals surface area (Å²) in [7, 11) is 0. The van der Waals surface area contributed by atoms with Gasteiger partial charge in [-0.1, -0.05) is 17.3 Å². The quantitative estimate of drug-likeness (QED) is 0.657. The molecule has 1 aromatic carbocycles. The highest BCUT2D eigenvalue weighted by molar-refractivity contribution is 5.91. The molecule has 0 amide bonds. The number of ether oxygens (including phenoxy) is 3. The highest BCUT2D eigenvalue weighted by Crippen LogP contribution is 2.31. The maximum absolute atomic E-state index is 12.6. The molecule has 0 saturated carbocycles. The van der Waals surface area contributed by atoms with Gasteiger partial charge in [0, 0.05) is 17.5 Å². The summed E-state index contributed by atoms with van der Waals surface area (Å²) in [6.45, 7) is 6.03. The zero-order valence-electron chi connectivity index (χ0n) is 15.4. The molecule has 7 heteroatoms. The maximum Gasteiger partial charge on any atom is 0.340 e. The molecule has 0 bridgehead atoms. The van der Waals surface area contributed by atoms with Crippen LogP contribution in [0.4, 0.5) is 0 Å². The van der Waals surface area contributed by atoms with E-state index in [1.807, 2.05) is 55.7 Å². The molecule has 4 rings (SSSR count). The van der Waals surface area contributed by atoms with Crippen LogP contribution in [0.1, 0.15) is 27.5 Å². The van der Waals surface area contributed by atoms with Gasteiger partial charge in [-0.15, -0.1) is 0 Å². The first-order chi connectivity index (χ1) is 13.0. The van der Waals surface area contributed by atoms with Gasteiger partial charge in [0.2, 0.25) is 0 Å². The van der Waals surface area contributed by atoms with Crippen molar-refractivity contribution in [2.24, 2.45) is 0 Å². The van der Waals surface area contributed by atoms with Crippen LogP contribution in [0.15, 0.2) is 40.9 Å². The van der Waals surface area contributed by atoms with Crippen LogP contribution >= 0.6 is 0 Å². The Balaban J connectivity index is 1.45. The molecule has 1 aliphatic heterocycles. The lowest BCUT2D eigenvalue weighted by atomic mass is 10.2. The number of fused-ring (bicyclic) bond motifs is 1. The standard InChI is InChI=1S/C20H20N2O5/c1-12-8-16(14(3)22(12)19-9-13(2)27-21-19)20(23)25-11-15-10-24-17-6-4-5-7-18(17)26-15/h4-9,15H,10-11H2,1-3H3. The summed E-state index contributed by atoms with van der Waals surface area (Å²) in [6, 6.07) is 11.0. The Kier molecular flexibility index (Phi) is 4.35. The molecular formula is C20H20N2O5. The lowest BCUT2D eigenvalue weighted by Gasteiger charge is -2.26. The van der Waals surface area contributed by atoms with Crippen molar-refractivity contribution in [3.05, 3.63) is 59.1 Å². The molecule has 1 unspecified atom stereocenters. The maximum atomic E-state index is 12.6. The Morgan fingerprint density at radius 3 is 2.74 bits per heavy atom. The second-order valence-electron chi connectivity index (χ2n) is 6.51. The Labute approximate surface area is 156 Å². The molecule has 27 heavy (non-hydrogen) atoms. The lowest BCUT2D eigenvalue weighted by Crippen LogP contribution is -2.34. The van der Waals surface area contributed by atoms with Gasteiger partial charge in [0.05, 0.1) is 5.56 Å². The number of hydrogen-bond donors (Lipinski definition) is 0. The van der Waals surface area contributed by atoms with Gasteiger partial charge < -0.3 is 18.7 Å². The van der Waals surface area contributed by atoms with Crippen molar-refractivity contribution in [2.45, 2.75) is 26.9 Å². The monoisotopic (exact) mass is 368 g/mol. The molecule has 0 saturated heterocycles. The molecule has 1 aliphatic rings. The lowest BCUT2D eigenvalue weighted by molar-refractivity contribution is 0.0109. The second-order valence-corrected chi connectivity index (χ2v) is 6.51. The van der Waals surface area contributed by atoms with E-state index in [9.17, 15) is 4.79 Å². The van der Waals surface area contributed by atoms with E-state index in [0.29, 0.717) is 35.2 Å². The van der Waals surface area contributed by atoms with Crippen molar-refractivity contribution in [2.75, 3.05) is 13.2 Å². The van der Waals surface area contributed by atoms with Crippen molar-refractivity contribution >= 4 is 5.97 Å². The smallest absolute Gasteiger partial charge is 0.340 e. The summed E-state index contributed by atoms with van der Waals surface area (Å²) in [6.07, 6.45) is -0.342. The van der Waals surface area contributed by atoms with Crippen LogP contribution in [0.5, 0.6) is 11.5 Å². The fourth-order valence-corrected chi connectivity index (χ4v) is 3.17. The number of esters is 1. The van der Waals surface area contributed by atoms with Crippen LogP contribution < -0.4 is 9.47 Å². The first-order valence-corrected chi connectivity index (χ1v) is 8.71. The highest BCUT2D eigenvalue weighted by Gasteiger charge is 2.24. The van der Waals surface area contributed by atoms with Crippen molar-refractivity contribution in [1.29, 1.82) is 0 Å². The molecule has 3 heterocycles. The van der Waals surface area contributed by atoms with Gasteiger partial charge in [-0.25, -0.2) is 4.79 Å². The molecule has 0 N–H and O–H groups in total. The van der Waals surface area contributed by atoms with Crippen LogP contribution in [0.2, 0.25) is 0 Å². The van der Waals surface area contributed by atoms with Gasteiger partial charge in [-0.2, -0.15) is 0 Å². The van der Waals surface area contributed by atoms with Crippen LogP contribution in [0, 0.1) is 20.8 Å². The Hall–Kier alpha value is -3.22. The predicted octanol–water partition coefficient (Wildman–Crippen LogP) is 3.39. The summed E-state index contributed by atoms with van der Waals surface area (Å²) in [4.78, 5) is 12.6. The molecule has 2 aromatic heterocycles. The Bertz CT molecular complexity index is 988. The predicted molar refractivity (Wildman–Crippen MR) is 96.7 cm³/mol. The van der Waals surface area contributed by atoms with Crippen LogP contribution in [-0.4, -0.2) is 35.0 Å². The molecule has 0 radical (unpaired) electrons. The first-order valence-electron chi connectivity index (χ1n) is 8.71. The molecule has 0 fully saturated rings. The zero-order valence-corrected chi connectivity index (χ0v) is 15.4. The minimum Gasteiger partial charge on any atom is -0.486 e. The fraction of sp³-hybridized carbons (Fsp3) is 0.300. The van der Waals surface area contributed by atoms with Crippen molar-refractivity contribution in [3.8, 4) is 17.3 Å². The molecule has 0 aliphatic carbocycles. The number of aryl methyl sites for hydroxylation is 2. The van der Waals surface area contributed by atoms with Crippen LogP contribution in [0.25, 0.3) is 5.82 Å². The topological polar surface area (TPSA) is 75.7 Å². The van der Waals surface area contributed by atoms with Gasteiger partial charge in [-0.3, -0.25) is 4.57 Å². The summed E-state index contributed by atoms with van der Waals surface area (Å²) in [5.41, 5.74) is 2.11. The van der Waals surface area contributed by atoms with Crippen molar-refractivity contribution < 1.29 is 23.5 Å². The number of nitrogens with zero attached hydrogens (tertiary/aromatic N) is 2. The first kappa shape index (κ1) is 17.2. The fourth-order valence-electron chi connectivity index (χ4n) is 3.17. The summed E-state index contributed by atoms with van der Waals surface area (Å²) >= 11 is 0. The van der Waals surface area contributed by atoms with Crippen molar-refractivity contribution in [1.82, 2.24) is 9.72 Å². The van der Waals surface area contributed by atoms with E-state index < -0.39 is 5.97 Å². The molecule has 0 spiro atoms. The molecule has 1 atom stereocenters. The molecule has 7 nitrogen and oxygen atoms in total. The largest absolute Gasteiger partial charge is 0.486 e. The van der Waals surface area contributed by atoms with Crippen LogP contribution in [0.3, 0.4) is 0 Å². The Morgan fingerprint density at radius 1 is 1.22 bits per heavy atom. The normalized spacial score (nSPS) is 15.6. The van der Waals surface area contributed by atoms with E-state index in [0.717, 1.165) is 11.4 Å². The van der Waals surface area contributed by atoms with E-state index in [-0.39, 0.29) is 12.7 Å². The summed E-state index contributed by atoms with van der Waals surface area (Å²) < 4.78 is 23.9. The minimum atomic E-state index is -0.406. The minimum absolute atomic E-state index is 0.111. The third kappa shape index (κ3) is 3.28. The summed E-state index contributed by atoms with van der Waals surface area (Å²) in [5.74, 6) is 2.30. The third-order valence-electron chi connectivity index (χ3n) is 4.46. The third-order valence-corrected chi connectivity index (χ3v) is 4.46. The molecule has 3 aromatic rings. The number of para-hydroxylation sites is 2. The van der Waals surface area contributed by atoms with Gasteiger partial charge in [0.1, 0.15) is 19.0 Å². The molecular weight excluding hydrogens is 348 g/mol. The molecule has 140 valence electrons. The number of hydrogen-bond acceptors (Lipinski definition) is 6. The number of benzene rings is 1. The average Bonchev–Trinajstić information content (AvgIpc) is 3.22. The average molecular weight is 368 g/mol. The van der Waals surface area contributed by atoms with Crippen LogP contribution in [-0.2, 0) is 4.74 Å². The van der Waals surface area contributed by atoms with Gasteiger partial charge >= 0.3 is 5.97 Å². The Morgan fingerprint density at radius 2 is 2.00 bits per heavy atom. The van der Waals surface area contributed by atoms with Gasteiger partial charge in [-0.05, 0) is 39.0 Å². The van der Waals surface area contributed by atoms with E-state index in [4.69, 9.17) is 18.7 Å².